The summed E-state index contributed by atoms with van der Waals surface area (Å²) in [4.78, 5) is 25.0. The zero-order valence-electron chi connectivity index (χ0n) is 14.5. The van der Waals surface area contributed by atoms with Gasteiger partial charge in [-0.05, 0) is 29.8 Å². The highest BCUT2D eigenvalue weighted by atomic mass is 16.3. The molecule has 0 saturated heterocycles. The molecule has 27 heavy (non-hydrogen) atoms. The van der Waals surface area contributed by atoms with Gasteiger partial charge in [0.2, 0.25) is 0 Å². The Labute approximate surface area is 156 Å². The van der Waals surface area contributed by atoms with Crippen molar-refractivity contribution in [3.8, 4) is 0 Å². The lowest BCUT2D eigenvalue weighted by Crippen LogP contribution is -2.46. The Morgan fingerprint density at radius 1 is 0.963 bits per heavy atom. The van der Waals surface area contributed by atoms with Gasteiger partial charge in [-0.25, -0.2) is 5.43 Å². The minimum Gasteiger partial charge on any atom is -0.463 e. The van der Waals surface area contributed by atoms with Crippen molar-refractivity contribution in [3.05, 3.63) is 95.9 Å². The standard InChI is InChI=1S/C21H19N3O3/c25-20(17-10-5-2-6-11-17)23-19(14-16-8-3-1-4-9-16)21(26)24-22-15-18-12-7-13-27-18/h1-13,15,19H,14H2,(H,23,25)(H,24,26)/t19-/m0/s1. The first-order valence-electron chi connectivity index (χ1n) is 8.48. The van der Waals surface area contributed by atoms with Crippen LogP contribution in [0.15, 0.2) is 88.6 Å². The van der Waals surface area contributed by atoms with Gasteiger partial charge in [0.1, 0.15) is 11.8 Å². The molecule has 0 bridgehead atoms. The molecular formula is C21H19N3O3. The fourth-order valence-electron chi connectivity index (χ4n) is 2.49. The number of nitrogens with zero attached hydrogens (tertiary/aromatic N) is 1. The second-order valence-electron chi connectivity index (χ2n) is 5.83. The van der Waals surface area contributed by atoms with Crippen LogP contribution in [0.2, 0.25) is 0 Å². The molecule has 6 heteroatoms. The number of hydrazone groups is 1. The van der Waals surface area contributed by atoms with Gasteiger partial charge in [0, 0.05) is 12.0 Å². The summed E-state index contributed by atoms with van der Waals surface area (Å²) in [6.45, 7) is 0. The third kappa shape index (κ3) is 5.40. The fourth-order valence-corrected chi connectivity index (χ4v) is 2.49. The molecule has 0 spiro atoms. The number of carbonyl (C=O) groups excluding carboxylic acids is 2. The van der Waals surface area contributed by atoms with Crippen LogP contribution in [0.5, 0.6) is 0 Å². The van der Waals surface area contributed by atoms with E-state index in [9.17, 15) is 9.59 Å². The Hall–Kier alpha value is -3.67. The lowest BCUT2D eigenvalue weighted by atomic mass is 10.0. The summed E-state index contributed by atoms with van der Waals surface area (Å²) in [6, 6.07) is 20.9. The number of carbonyl (C=O) groups is 2. The molecule has 6 nitrogen and oxygen atoms in total. The quantitative estimate of drug-likeness (QED) is 0.501. The number of nitrogens with one attached hydrogen (secondary N) is 2. The lowest BCUT2D eigenvalue weighted by molar-refractivity contribution is -0.122. The van der Waals surface area contributed by atoms with Gasteiger partial charge in [0.15, 0.2) is 0 Å². The third-order valence-corrected chi connectivity index (χ3v) is 3.85. The Balaban J connectivity index is 1.70. The number of rotatable bonds is 7. The second kappa shape index (κ2) is 9.15. The molecule has 0 radical (unpaired) electrons. The molecule has 0 unspecified atom stereocenters. The third-order valence-electron chi connectivity index (χ3n) is 3.85. The van der Waals surface area contributed by atoms with Crippen LogP contribution in [0, 0.1) is 0 Å². The van der Waals surface area contributed by atoms with Gasteiger partial charge in [-0.15, -0.1) is 0 Å². The van der Waals surface area contributed by atoms with Gasteiger partial charge in [-0.3, -0.25) is 9.59 Å². The molecule has 3 aromatic rings. The van der Waals surface area contributed by atoms with Crippen molar-refractivity contribution in [2.24, 2.45) is 5.10 Å². The van der Waals surface area contributed by atoms with Crippen LogP contribution >= 0.6 is 0 Å². The van der Waals surface area contributed by atoms with E-state index in [4.69, 9.17) is 4.42 Å². The van der Waals surface area contributed by atoms with Crippen molar-refractivity contribution >= 4 is 18.0 Å². The molecule has 2 amide bonds. The number of hydrogen-bond donors (Lipinski definition) is 2. The van der Waals surface area contributed by atoms with Crippen LogP contribution in [0.25, 0.3) is 0 Å². The predicted molar refractivity (Wildman–Crippen MR) is 102 cm³/mol. The van der Waals surface area contributed by atoms with E-state index >= 15 is 0 Å². The highest BCUT2D eigenvalue weighted by molar-refractivity contribution is 5.97. The fraction of sp³-hybridized carbons (Fsp3) is 0.0952. The molecule has 2 aromatic carbocycles. The SMILES string of the molecule is O=C(N[C@@H](Cc1ccccc1)C(=O)NN=Cc1ccco1)c1ccccc1. The average molecular weight is 361 g/mol. The van der Waals surface area contributed by atoms with Crippen molar-refractivity contribution in [1.29, 1.82) is 0 Å². The molecule has 0 aliphatic heterocycles. The summed E-state index contributed by atoms with van der Waals surface area (Å²) in [5, 5.41) is 6.66. The molecule has 3 rings (SSSR count). The maximum absolute atomic E-state index is 12.6. The summed E-state index contributed by atoms with van der Waals surface area (Å²) in [5.41, 5.74) is 3.87. The van der Waals surface area contributed by atoms with E-state index in [1.807, 2.05) is 36.4 Å². The van der Waals surface area contributed by atoms with Crippen molar-refractivity contribution in [2.45, 2.75) is 12.5 Å². The van der Waals surface area contributed by atoms with Crippen molar-refractivity contribution < 1.29 is 14.0 Å². The van der Waals surface area contributed by atoms with E-state index in [1.165, 1.54) is 12.5 Å². The first-order valence-corrected chi connectivity index (χ1v) is 8.48. The van der Waals surface area contributed by atoms with E-state index in [2.05, 4.69) is 15.8 Å². The van der Waals surface area contributed by atoms with E-state index in [0.29, 0.717) is 17.7 Å². The highest BCUT2D eigenvalue weighted by Crippen LogP contribution is 2.06. The van der Waals surface area contributed by atoms with Crippen molar-refractivity contribution in [3.63, 3.8) is 0 Å². The first-order chi connectivity index (χ1) is 13.2. The largest absolute Gasteiger partial charge is 0.463 e. The van der Waals surface area contributed by atoms with Gasteiger partial charge in [-0.2, -0.15) is 5.10 Å². The van der Waals surface area contributed by atoms with Crippen molar-refractivity contribution in [1.82, 2.24) is 10.7 Å². The topological polar surface area (TPSA) is 83.7 Å². The van der Waals surface area contributed by atoms with E-state index in [0.717, 1.165) is 5.56 Å². The molecule has 136 valence electrons. The van der Waals surface area contributed by atoms with E-state index in [-0.39, 0.29) is 5.91 Å². The van der Waals surface area contributed by atoms with Crippen LogP contribution in [0.1, 0.15) is 21.7 Å². The monoisotopic (exact) mass is 361 g/mol. The van der Waals surface area contributed by atoms with Crippen LogP contribution in [0.3, 0.4) is 0 Å². The Morgan fingerprint density at radius 2 is 1.67 bits per heavy atom. The lowest BCUT2D eigenvalue weighted by Gasteiger charge is -2.17. The summed E-state index contributed by atoms with van der Waals surface area (Å²) >= 11 is 0. The van der Waals surface area contributed by atoms with Crippen LogP contribution in [-0.4, -0.2) is 24.1 Å². The summed E-state index contributed by atoms with van der Waals surface area (Å²) < 4.78 is 5.12. The van der Waals surface area contributed by atoms with Gasteiger partial charge in [0.25, 0.3) is 11.8 Å². The number of furan rings is 1. The number of benzene rings is 2. The van der Waals surface area contributed by atoms with Crippen LogP contribution < -0.4 is 10.7 Å². The van der Waals surface area contributed by atoms with E-state index < -0.39 is 11.9 Å². The van der Waals surface area contributed by atoms with Gasteiger partial charge >= 0.3 is 0 Å². The minimum atomic E-state index is -0.770. The Bertz CT molecular complexity index is 891. The summed E-state index contributed by atoms with van der Waals surface area (Å²) in [5.74, 6) is -0.212. The minimum absolute atomic E-state index is 0.318. The molecule has 2 N–H and O–H groups in total. The summed E-state index contributed by atoms with van der Waals surface area (Å²) in [7, 11) is 0. The molecule has 1 aromatic heterocycles. The van der Waals surface area contributed by atoms with Gasteiger partial charge in [0.05, 0.1) is 12.5 Å². The van der Waals surface area contributed by atoms with Crippen molar-refractivity contribution in [2.75, 3.05) is 0 Å². The average Bonchev–Trinajstić information content (AvgIpc) is 3.22. The molecule has 0 fully saturated rings. The molecule has 0 aliphatic carbocycles. The zero-order chi connectivity index (χ0) is 18.9. The maximum Gasteiger partial charge on any atom is 0.262 e. The molecule has 1 heterocycles. The molecule has 0 saturated carbocycles. The molecule has 1 atom stereocenters. The molecule has 0 aliphatic rings. The number of amides is 2. The maximum atomic E-state index is 12.6. The van der Waals surface area contributed by atoms with Crippen LogP contribution in [-0.2, 0) is 11.2 Å². The number of hydrogen-bond acceptors (Lipinski definition) is 4. The first kappa shape index (κ1) is 18.1. The predicted octanol–water partition coefficient (Wildman–Crippen LogP) is 2.77. The summed E-state index contributed by atoms with van der Waals surface area (Å²) in [6.07, 6.45) is 3.26. The Morgan fingerprint density at radius 3 is 2.33 bits per heavy atom. The zero-order valence-corrected chi connectivity index (χ0v) is 14.5. The molecular weight excluding hydrogens is 342 g/mol. The highest BCUT2D eigenvalue weighted by Gasteiger charge is 2.21. The van der Waals surface area contributed by atoms with Gasteiger partial charge in [-0.1, -0.05) is 48.5 Å². The second-order valence-corrected chi connectivity index (χ2v) is 5.83. The van der Waals surface area contributed by atoms with Crippen LogP contribution in [0.4, 0.5) is 0 Å². The normalized spacial score (nSPS) is 11.9. The van der Waals surface area contributed by atoms with E-state index in [1.54, 1.807) is 36.4 Å². The smallest absolute Gasteiger partial charge is 0.262 e. The Kier molecular flexibility index (Phi) is 6.14. The van der Waals surface area contributed by atoms with Gasteiger partial charge < -0.3 is 9.73 Å².